The van der Waals surface area contributed by atoms with Gasteiger partial charge in [-0.05, 0) is 40.5 Å². The molecule has 0 saturated carbocycles. The van der Waals surface area contributed by atoms with Crippen LogP contribution in [-0.4, -0.2) is 13.2 Å². The zero-order valence-corrected chi connectivity index (χ0v) is 10.8. The van der Waals surface area contributed by atoms with E-state index in [0.717, 1.165) is 10.0 Å². The second-order valence-corrected chi connectivity index (χ2v) is 4.31. The standard InChI is InChI=1S/C10H14BrClN2O/c1-2-15-6-10(14-13)7-3-4-8(11)9(12)5-7/h3-5,10,14H,2,6,13H2,1H3. The zero-order chi connectivity index (χ0) is 11.3. The maximum absolute atomic E-state index is 5.99. The molecule has 3 nitrogen and oxygen atoms in total. The molecule has 0 spiro atoms. The molecule has 0 amide bonds. The molecule has 5 heteroatoms. The van der Waals surface area contributed by atoms with E-state index in [1.807, 2.05) is 25.1 Å². The van der Waals surface area contributed by atoms with Crippen LogP contribution in [-0.2, 0) is 4.74 Å². The van der Waals surface area contributed by atoms with E-state index in [9.17, 15) is 0 Å². The predicted molar refractivity (Wildman–Crippen MR) is 65.7 cm³/mol. The highest BCUT2D eigenvalue weighted by Gasteiger charge is 2.10. The van der Waals surface area contributed by atoms with E-state index in [1.54, 1.807) is 0 Å². The van der Waals surface area contributed by atoms with Crippen molar-refractivity contribution in [1.82, 2.24) is 5.43 Å². The van der Waals surface area contributed by atoms with Crippen LogP contribution >= 0.6 is 27.5 Å². The summed E-state index contributed by atoms with van der Waals surface area (Å²) in [6, 6.07) is 5.69. The lowest BCUT2D eigenvalue weighted by molar-refractivity contribution is 0.123. The minimum absolute atomic E-state index is 0.0319. The number of hydrazine groups is 1. The van der Waals surface area contributed by atoms with Crippen molar-refractivity contribution in [3.05, 3.63) is 33.3 Å². The van der Waals surface area contributed by atoms with Crippen LogP contribution < -0.4 is 11.3 Å². The summed E-state index contributed by atoms with van der Waals surface area (Å²) in [5, 5.41) is 0.671. The lowest BCUT2D eigenvalue weighted by Crippen LogP contribution is -2.31. The van der Waals surface area contributed by atoms with E-state index >= 15 is 0 Å². The average molecular weight is 294 g/mol. The van der Waals surface area contributed by atoms with E-state index in [2.05, 4.69) is 21.4 Å². The van der Waals surface area contributed by atoms with Crippen molar-refractivity contribution in [2.24, 2.45) is 5.84 Å². The topological polar surface area (TPSA) is 47.3 Å². The Morgan fingerprint density at radius 1 is 1.60 bits per heavy atom. The molecule has 3 N–H and O–H groups in total. The van der Waals surface area contributed by atoms with Gasteiger partial charge in [0.1, 0.15) is 0 Å². The Hall–Kier alpha value is -0.130. The van der Waals surface area contributed by atoms with Crippen LogP contribution in [0.2, 0.25) is 5.02 Å². The molecule has 1 aromatic rings. The fraction of sp³-hybridized carbons (Fsp3) is 0.400. The molecule has 84 valence electrons. The molecule has 0 saturated heterocycles. The first kappa shape index (κ1) is 12.9. The van der Waals surface area contributed by atoms with Crippen molar-refractivity contribution in [2.75, 3.05) is 13.2 Å². The quantitative estimate of drug-likeness (QED) is 0.648. The second-order valence-electron chi connectivity index (χ2n) is 3.05. The molecule has 0 fully saturated rings. The molecule has 0 aliphatic carbocycles. The van der Waals surface area contributed by atoms with Gasteiger partial charge >= 0.3 is 0 Å². The van der Waals surface area contributed by atoms with Crippen LogP contribution in [0.1, 0.15) is 18.5 Å². The molecule has 15 heavy (non-hydrogen) atoms. The SMILES string of the molecule is CCOCC(NN)c1ccc(Br)c(Cl)c1. The average Bonchev–Trinajstić information content (AvgIpc) is 2.24. The van der Waals surface area contributed by atoms with Crippen LogP contribution in [0.3, 0.4) is 0 Å². The molecule has 1 unspecified atom stereocenters. The highest BCUT2D eigenvalue weighted by atomic mass is 79.9. The Labute approximate surface area is 103 Å². The fourth-order valence-electron chi connectivity index (χ4n) is 1.21. The summed E-state index contributed by atoms with van der Waals surface area (Å²) in [4.78, 5) is 0. The Balaban J connectivity index is 2.78. The largest absolute Gasteiger partial charge is 0.380 e. The van der Waals surface area contributed by atoms with Crippen LogP contribution in [0.5, 0.6) is 0 Å². The van der Waals surface area contributed by atoms with E-state index < -0.39 is 0 Å². The summed E-state index contributed by atoms with van der Waals surface area (Å²) in [5.74, 6) is 5.45. The van der Waals surface area contributed by atoms with Crippen molar-refractivity contribution in [2.45, 2.75) is 13.0 Å². The monoisotopic (exact) mass is 292 g/mol. The molecule has 1 rings (SSSR count). The Kier molecular flexibility index (Phi) is 5.56. The number of nitrogens with one attached hydrogen (secondary N) is 1. The highest BCUT2D eigenvalue weighted by molar-refractivity contribution is 9.10. The molecule has 0 radical (unpaired) electrons. The molecule has 0 bridgehead atoms. The lowest BCUT2D eigenvalue weighted by atomic mass is 10.1. The second kappa shape index (κ2) is 6.45. The van der Waals surface area contributed by atoms with Gasteiger partial charge in [-0.2, -0.15) is 0 Å². The van der Waals surface area contributed by atoms with E-state index in [0.29, 0.717) is 18.2 Å². The number of nitrogens with two attached hydrogens (primary N) is 1. The minimum atomic E-state index is -0.0319. The van der Waals surface area contributed by atoms with Crippen molar-refractivity contribution in [1.29, 1.82) is 0 Å². The van der Waals surface area contributed by atoms with Gasteiger partial charge in [0.05, 0.1) is 17.7 Å². The number of rotatable bonds is 5. The van der Waals surface area contributed by atoms with Gasteiger partial charge in [0.2, 0.25) is 0 Å². The van der Waals surface area contributed by atoms with E-state index in [4.69, 9.17) is 22.2 Å². The minimum Gasteiger partial charge on any atom is -0.380 e. The first-order valence-corrected chi connectivity index (χ1v) is 5.85. The van der Waals surface area contributed by atoms with Gasteiger partial charge < -0.3 is 4.74 Å². The molecule has 1 atom stereocenters. The Morgan fingerprint density at radius 3 is 2.87 bits per heavy atom. The Morgan fingerprint density at radius 2 is 2.33 bits per heavy atom. The van der Waals surface area contributed by atoms with Crippen molar-refractivity contribution in [3.8, 4) is 0 Å². The predicted octanol–water partition coefficient (Wildman–Crippen LogP) is 2.64. The maximum atomic E-state index is 5.99. The third kappa shape index (κ3) is 3.74. The van der Waals surface area contributed by atoms with Crippen LogP contribution in [0.15, 0.2) is 22.7 Å². The smallest absolute Gasteiger partial charge is 0.0694 e. The van der Waals surface area contributed by atoms with Crippen LogP contribution in [0, 0.1) is 0 Å². The van der Waals surface area contributed by atoms with Crippen molar-refractivity contribution in [3.63, 3.8) is 0 Å². The molecule has 1 aromatic carbocycles. The van der Waals surface area contributed by atoms with Crippen LogP contribution in [0.4, 0.5) is 0 Å². The number of benzene rings is 1. The summed E-state index contributed by atoms with van der Waals surface area (Å²) in [6.07, 6.45) is 0. The third-order valence-electron chi connectivity index (χ3n) is 2.04. The van der Waals surface area contributed by atoms with E-state index in [1.165, 1.54) is 0 Å². The first-order chi connectivity index (χ1) is 7.19. The van der Waals surface area contributed by atoms with Crippen molar-refractivity contribution < 1.29 is 4.74 Å². The molecule has 0 aromatic heterocycles. The molecular formula is C10H14BrClN2O. The summed E-state index contributed by atoms with van der Waals surface area (Å²) in [7, 11) is 0. The van der Waals surface area contributed by atoms with Gasteiger partial charge in [0.25, 0.3) is 0 Å². The summed E-state index contributed by atoms with van der Waals surface area (Å²) >= 11 is 9.33. The maximum Gasteiger partial charge on any atom is 0.0694 e. The third-order valence-corrected chi connectivity index (χ3v) is 3.27. The Bertz CT molecular complexity index is 322. The van der Waals surface area contributed by atoms with Gasteiger partial charge in [0, 0.05) is 11.1 Å². The van der Waals surface area contributed by atoms with Gasteiger partial charge in [-0.1, -0.05) is 17.7 Å². The number of hydrogen-bond donors (Lipinski definition) is 2. The first-order valence-electron chi connectivity index (χ1n) is 4.67. The molecule has 0 aliphatic rings. The fourth-order valence-corrected chi connectivity index (χ4v) is 1.64. The summed E-state index contributed by atoms with van der Waals surface area (Å²) < 4.78 is 6.19. The van der Waals surface area contributed by atoms with Gasteiger partial charge in [-0.15, -0.1) is 0 Å². The molecule has 0 aliphatic heterocycles. The molecular weight excluding hydrogens is 279 g/mol. The van der Waals surface area contributed by atoms with Gasteiger partial charge in [-0.3, -0.25) is 11.3 Å². The summed E-state index contributed by atoms with van der Waals surface area (Å²) in [6.45, 7) is 3.15. The zero-order valence-electron chi connectivity index (χ0n) is 8.47. The number of hydrogen-bond acceptors (Lipinski definition) is 3. The lowest BCUT2D eigenvalue weighted by Gasteiger charge is -2.16. The van der Waals surface area contributed by atoms with Gasteiger partial charge in [0.15, 0.2) is 0 Å². The van der Waals surface area contributed by atoms with Crippen LogP contribution in [0.25, 0.3) is 0 Å². The molecule has 0 heterocycles. The normalized spacial score (nSPS) is 12.8. The summed E-state index contributed by atoms with van der Waals surface area (Å²) in [5.41, 5.74) is 3.71. The number of halogens is 2. The van der Waals surface area contributed by atoms with E-state index in [-0.39, 0.29) is 6.04 Å². The number of ether oxygens (including phenoxy) is 1. The van der Waals surface area contributed by atoms with Gasteiger partial charge in [-0.25, -0.2) is 0 Å². The highest BCUT2D eigenvalue weighted by Crippen LogP contribution is 2.25. The van der Waals surface area contributed by atoms with Crippen molar-refractivity contribution >= 4 is 27.5 Å².